The highest BCUT2D eigenvalue weighted by Crippen LogP contribution is 2.27. The lowest BCUT2D eigenvalue weighted by molar-refractivity contribution is 0.744. The number of hydrogen-bond donors (Lipinski definition) is 0. The zero-order valence-corrected chi connectivity index (χ0v) is 9.04. The molecule has 1 aliphatic heterocycles. The average molecular weight is 210 g/mol. The molecule has 0 bridgehead atoms. The molecule has 0 fully saturated rings. The number of aryl methyl sites for hydroxylation is 1. The summed E-state index contributed by atoms with van der Waals surface area (Å²) < 4.78 is 0. The predicted octanol–water partition coefficient (Wildman–Crippen LogP) is 2.59. The monoisotopic (exact) mass is 209 g/mol. The highest BCUT2D eigenvalue weighted by Gasteiger charge is 2.17. The first-order chi connectivity index (χ1) is 6.70. The van der Waals surface area contributed by atoms with E-state index < -0.39 is 0 Å². The zero-order chi connectivity index (χ0) is 10.1. The Labute approximate surface area is 88.3 Å². The van der Waals surface area contributed by atoms with Gasteiger partial charge in [-0.05, 0) is 30.4 Å². The molecule has 1 atom stereocenters. The van der Waals surface area contributed by atoms with Gasteiger partial charge in [0.05, 0.1) is 5.69 Å². The number of nitrogens with zero attached hydrogens (tertiary/aromatic N) is 3. The molecule has 1 aliphatic rings. The van der Waals surface area contributed by atoms with Crippen molar-refractivity contribution in [2.45, 2.75) is 26.7 Å². The number of aromatic nitrogens is 2. The van der Waals surface area contributed by atoms with Gasteiger partial charge in [-0.2, -0.15) is 4.98 Å². The van der Waals surface area contributed by atoms with Gasteiger partial charge in [-0.15, -0.1) is 0 Å². The smallest absolute Gasteiger partial charge is 0.224 e. The minimum absolute atomic E-state index is 0.298. The Morgan fingerprint density at radius 1 is 1.50 bits per heavy atom. The number of fused-ring (bicyclic) bond motifs is 1. The van der Waals surface area contributed by atoms with Crippen LogP contribution in [0.15, 0.2) is 4.99 Å². The summed E-state index contributed by atoms with van der Waals surface area (Å²) in [6.07, 6.45) is 3.77. The summed E-state index contributed by atoms with van der Waals surface area (Å²) in [6, 6.07) is 0. The molecule has 0 aromatic carbocycles. The molecular formula is C10H12ClN3. The van der Waals surface area contributed by atoms with Gasteiger partial charge >= 0.3 is 0 Å². The highest BCUT2D eigenvalue weighted by molar-refractivity contribution is 6.28. The van der Waals surface area contributed by atoms with Crippen LogP contribution < -0.4 is 0 Å². The van der Waals surface area contributed by atoms with Crippen LogP contribution in [0.1, 0.15) is 25.1 Å². The van der Waals surface area contributed by atoms with E-state index >= 15 is 0 Å². The van der Waals surface area contributed by atoms with E-state index in [1.165, 1.54) is 0 Å². The third-order valence-corrected chi connectivity index (χ3v) is 2.52. The SMILES string of the molecule is CCc1nc(Cl)nc2c1CC(C)C=N2. The maximum absolute atomic E-state index is 5.80. The van der Waals surface area contributed by atoms with Crippen LogP contribution in [0.25, 0.3) is 0 Å². The van der Waals surface area contributed by atoms with Gasteiger partial charge in [0.2, 0.25) is 5.28 Å². The van der Waals surface area contributed by atoms with Gasteiger partial charge < -0.3 is 0 Å². The van der Waals surface area contributed by atoms with Crippen molar-refractivity contribution < 1.29 is 0 Å². The summed E-state index contributed by atoms with van der Waals surface area (Å²) in [5, 5.41) is 0.298. The van der Waals surface area contributed by atoms with Crippen LogP contribution in [0.4, 0.5) is 5.82 Å². The predicted molar refractivity (Wildman–Crippen MR) is 57.4 cm³/mol. The lowest BCUT2D eigenvalue weighted by Gasteiger charge is -2.16. The fraction of sp³-hybridized carbons (Fsp3) is 0.500. The van der Waals surface area contributed by atoms with E-state index in [-0.39, 0.29) is 0 Å². The lowest BCUT2D eigenvalue weighted by atomic mass is 9.98. The quantitative estimate of drug-likeness (QED) is 0.667. The highest BCUT2D eigenvalue weighted by atomic mass is 35.5. The first kappa shape index (κ1) is 9.59. The van der Waals surface area contributed by atoms with Crippen molar-refractivity contribution in [1.82, 2.24) is 9.97 Å². The van der Waals surface area contributed by atoms with Crippen LogP contribution in [-0.2, 0) is 12.8 Å². The molecule has 1 unspecified atom stereocenters. The normalized spacial score (nSPS) is 19.5. The molecule has 1 aromatic heterocycles. The standard InChI is InChI=1S/C10H12ClN3/c1-3-8-7-4-6(2)5-12-9(7)14-10(11)13-8/h5-6H,3-4H2,1-2H3. The molecule has 1 aromatic rings. The minimum Gasteiger partial charge on any atom is -0.241 e. The summed E-state index contributed by atoms with van der Waals surface area (Å²) in [6.45, 7) is 4.21. The third kappa shape index (κ3) is 1.64. The van der Waals surface area contributed by atoms with Crippen molar-refractivity contribution in [3.05, 3.63) is 16.5 Å². The zero-order valence-electron chi connectivity index (χ0n) is 8.29. The topological polar surface area (TPSA) is 38.1 Å². The van der Waals surface area contributed by atoms with E-state index in [9.17, 15) is 0 Å². The van der Waals surface area contributed by atoms with E-state index in [1.807, 2.05) is 6.21 Å². The van der Waals surface area contributed by atoms with Crippen LogP contribution in [0, 0.1) is 5.92 Å². The Bertz CT molecular complexity index is 387. The van der Waals surface area contributed by atoms with Crippen molar-refractivity contribution in [2.75, 3.05) is 0 Å². The Balaban J connectivity index is 2.55. The van der Waals surface area contributed by atoms with E-state index in [4.69, 9.17) is 11.6 Å². The summed E-state index contributed by atoms with van der Waals surface area (Å²) in [7, 11) is 0. The number of aliphatic imine (C=N–C) groups is 1. The second kappa shape index (κ2) is 3.65. The van der Waals surface area contributed by atoms with Gasteiger partial charge in [0.15, 0.2) is 5.82 Å². The minimum atomic E-state index is 0.298. The number of rotatable bonds is 1. The third-order valence-electron chi connectivity index (χ3n) is 2.36. The van der Waals surface area contributed by atoms with Gasteiger partial charge in [0.1, 0.15) is 0 Å². The lowest BCUT2D eigenvalue weighted by Crippen LogP contribution is -2.11. The second-order valence-corrected chi connectivity index (χ2v) is 3.89. The van der Waals surface area contributed by atoms with Crippen molar-refractivity contribution >= 4 is 23.6 Å². The van der Waals surface area contributed by atoms with E-state index in [2.05, 4.69) is 28.8 Å². The molecule has 0 spiro atoms. The first-order valence-corrected chi connectivity index (χ1v) is 5.18. The molecule has 4 heteroatoms. The molecule has 2 heterocycles. The van der Waals surface area contributed by atoms with Crippen LogP contribution in [0.2, 0.25) is 5.28 Å². The molecule has 0 saturated carbocycles. The molecule has 14 heavy (non-hydrogen) atoms. The summed E-state index contributed by atoms with van der Waals surface area (Å²) in [4.78, 5) is 12.6. The van der Waals surface area contributed by atoms with Crippen molar-refractivity contribution in [3.8, 4) is 0 Å². The van der Waals surface area contributed by atoms with Gasteiger partial charge in [-0.1, -0.05) is 13.8 Å². The summed E-state index contributed by atoms with van der Waals surface area (Å²) in [5.41, 5.74) is 2.19. The molecule has 0 amide bonds. The first-order valence-electron chi connectivity index (χ1n) is 4.80. The molecule has 0 aliphatic carbocycles. The van der Waals surface area contributed by atoms with E-state index in [0.717, 1.165) is 29.9 Å². The number of hydrogen-bond acceptors (Lipinski definition) is 3. The van der Waals surface area contributed by atoms with Crippen molar-refractivity contribution in [2.24, 2.45) is 10.9 Å². The molecule has 2 rings (SSSR count). The summed E-state index contributed by atoms with van der Waals surface area (Å²) >= 11 is 5.80. The molecule has 3 nitrogen and oxygen atoms in total. The van der Waals surface area contributed by atoms with Gasteiger partial charge in [-0.3, -0.25) is 0 Å². The second-order valence-electron chi connectivity index (χ2n) is 3.55. The Morgan fingerprint density at radius 2 is 2.29 bits per heavy atom. The fourth-order valence-corrected chi connectivity index (χ4v) is 1.85. The Kier molecular flexibility index (Phi) is 2.50. The molecule has 74 valence electrons. The largest absolute Gasteiger partial charge is 0.241 e. The molecular weight excluding hydrogens is 198 g/mol. The average Bonchev–Trinajstić information content (AvgIpc) is 2.17. The van der Waals surface area contributed by atoms with E-state index in [1.54, 1.807) is 0 Å². The van der Waals surface area contributed by atoms with Crippen LogP contribution in [0.5, 0.6) is 0 Å². The van der Waals surface area contributed by atoms with Gasteiger partial charge in [-0.25, -0.2) is 9.98 Å². The van der Waals surface area contributed by atoms with Crippen LogP contribution in [0.3, 0.4) is 0 Å². The maximum atomic E-state index is 5.80. The molecule has 0 saturated heterocycles. The Hall–Kier alpha value is -0.960. The molecule has 0 radical (unpaired) electrons. The van der Waals surface area contributed by atoms with Crippen molar-refractivity contribution in [3.63, 3.8) is 0 Å². The fourth-order valence-electron chi connectivity index (χ4n) is 1.67. The van der Waals surface area contributed by atoms with Crippen LogP contribution >= 0.6 is 11.6 Å². The van der Waals surface area contributed by atoms with Gasteiger partial charge in [0.25, 0.3) is 0 Å². The molecule has 0 N–H and O–H groups in total. The van der Waals surface area contributed by atoms with Crippen LogP contribution in [-0.4, -0.2) is 16.2 Å². The Morgan fingerprint density at radius 3 is 3.00 bits per heavy atom. The van der Waals surface area contributed by atoms with E-state index in [0.29, 0.717) is 11.2 Å². The number of halogens is 1. The maximum Gasteiger partial charge on any atom is 0.224 e. The summed E-state index contributed by atoms with van der Waals surface area (Å²) in [5.74, 6) is 1.22. The van der Waals surface area contributed by atoms with Crippen molar-refractivity contribution in [1.29, 1.82) is 0 Å². The van der Waals surface area contributed by atoms with Gasteiger partial charge in [0, 0.05) is 11.8 Å².